The Bertz CT molecular complexity index is 1090. The van der Waals surface area contributed by atoms with Crippen molar-refractivity contribution in [3.05, 3.63) is 77.9 Å². The molecule has 190 valence electrons. The van der Waals surface area contributed by atoms with E-state index in [1.54, 1.807) is 5.30 Å². The normalized spacial score (nSPS) is 16.5. The molecule has 2 aliphatic carbocycles. The Labute approximate surface area is 251 Å². The zero-order valence-electron chi connectivity index (χ0n) is 21.8. The monoisotopic (exact) mass is 704 g/mol. The predicted molar refractivity (Wildman–Crippen MR) is 149 cm³/mol. The first-order valence-corrected chi connectivity index (χ1v) is 14.7. The third kappa shape index (κ3) is 7.34. The van der Waals surface area contributed by atoms with Crippen molar-refractivity contribution in [2.45, 2.75) is 89.4 Å². The summed E-state index contributed by atoms with van der Waals surface area (Å²) in [4.78, 5) is 0. The molecule has 2 saturated carbocycles. The van der Waals surface area contributed by atoms with Crippen LogP contribution in [0.1, 0.15) is 75.3 Å². The number of rotatable bonds is 3. The van der Waals surface area contributed by atoms with Crippen LogP contribution in [0.25, 0.3) is 21.5 Å². The molecule has 0 nitrogen and oxygen atoms in total. The Morgan fingerprint density at radius 3 is 1.89 bits per heavy atom. The Morgan fingerprint density at radius 2 is 1.31 bits per heavy atom. The van der Waals surface area contributed by atoms with Gasteiger partial charge in [-0.15, -0.1) is 68.8 Å². The molecule has 0 spiro atoms. The average molecular weight is 704 g/mol. The Morgan fingerprint density at radius 1 is 0.722 bits per heavy atom. The fourth-order valence-corrected chi connectivity index (χ4v) is 10.1. The summed E-state index contributed by atoms with van der Waals surface area (Å²) in [5, 5.41) is 7.46. The smallest absolute Gasteiger partial charge is 1.00 e. The van der Waals surface area contributed by atoms with Gasteiger partial charge >= 0.3 is 25.8 Å². The van der Waals surface area contributed by atoms with Crippen LogP contribution in [-0.2, 0) is 25.8 Å². The van der Waals surface area contributed by atoms with Gasteiger partial charge < -0.3 is 24.8 Å². The predicted octanol–water partition coefficient (Wildman–Crippen LogP) is 3.51. The van der Waals surface area contributed by atoms with Crippen molar-refractivity contribution in [1.82, 2.24) is 0 Å². The molecule has 0 radical (unpaired) electrons. The molecule has 4 aromatic carbocycles. The van der Waals surface area contributed by atoms with Gasteiger partial charge in [0.25, 0.3) is 0 Å². The molecule has 0 saturated heterocycles. The zero-order chi connectivity index (χ0) is 22.6. The van der Waals surface area contributed by atoms with Crippen molar-refractivity contribution in [2.24, 2.45) is 0 Å². The maximum Gasteiger partial charge on any atom is 4.00 e. The molecule has 0 amide bonds. The quantitative estimate of drug-likeness (QED) is 0.174. The first-order chi connectivity index (χ1) is 16.2. The van der Waals surface area contributed by atoms with E-state index < -0.39 is 0 Å². The van der Waals surface area contributed by atoms with Gasteiger partial charge in [-0.3, -0.25) is 0 Å². The van der Waals surface area contributed by atoms with Crippen molar-refractivity contribution in [3.8, 4) is 0 Å². The number of benzene rings is 2. The third-order valence-corrected chi connectivity index (χ3v) is 11.5. The van der Waals surface area contributed by atoms with Crippen LogP contribution < -0.4 is 30.1 Å². The number of hydrogen-bond acceptors (Lipinski definition) is 0. The second-order valence-corrected chi connectivity index (χ2v) is 13.2. The van der Waals surface area contributed by atoms with Gasteiger partial charge in [0, 0.05) is 0 Å². The zero-order valence-corrected chi connectivity index (χ0v) is 27.8. The maximum atomic E-state index is 2.55. The molecule has 36 heavy (non-hydrogen) atoms. The standard InChI is InChI=1S/C21H28P.C11H11.2ClH.Hf/c1-3-11-19(12-4-1)22(20-13-5-2-6-14-20)21-15-17-9-7-8-10-18(17)16-21;1-8-6-7-9(2)11-5-3-4-10(8)11;;;/h7-10,15-16,19-20H,1-6,11-14H2;3-7H,1-2H3;2*1H;/q2*-1;;;+4/p-2. The molecule has 2 aliphatic rings. The van der Waals surface area contributed by atoms with E-state index >= 15 is 0 Å². The molecule has 0 aromatic heterocycles. The summed E-state index contributed by atoms with van der Waals surface area (Å²) >= 11 is 0. The molecular formula is C32H39Cl2HfP. The fourth-order valence-electron chi connectivity index (χ4n) is 6.26. The summed E-state index contributed by atoms with van der Waals surface area (Å²) in [5.41, 5.74) is 4.78. The molecule has 2 fully saturated rings. The number of aryl methyl sites for hydroxylation is 2. The minimum absolute atomic E-state index is 0. The second-order valence-electron chi connectivity index (χ2n) is 10.4. The van der Waals surface area contributed by atoms with Gasteiger partial charge in [0.2, 0.25) is 0 Å². The van der Waals surface area contributed by atoms with Gasteiger partial charge in [-0.05, 0) is 43.9 Å². The van der Waals surface area contributed by atoms with Crippen LogP contribution in [0.3, 0.4) is 0 Å². The van der Waals surface area contributed by atoms with Crippen LogP contribution in [0.15, 0.2) is 66.7 Å². The van der Waals surface area contributed by atoms with Crippen LogP contribution in [0, 0.1) is 13.8 Å². The number of fused-ring (bicyclic) bond motifs is 2. The van der Waals surface area contributed by atoms with Crippen molar-refractivity contribution in [1.29, 1.82) is 0 Å². The van der Waals surface area contributed by atoms with Crippen LogP contribution in [0.2, 0.25) is 0 Å². The van der Waals surface area contributed by atoms with E-state index in [-0.39, 0.29) is 58.6 Å². The molecule has 0 heterocycles. The molecule has 0 aliphatic heterocycles. The minimum atomic E-state index is 0. The largest absolute Gasteiger partial charge is 4.00 e. The molecule has 4 aromatic rings. The summed E-state index contributed by atoms with van der Waals surface area (Å²) in [6.07, 6.45) is 14.9. The maximum absolute atomic E-state index is 2.55. The van der Waals surface area contributed by atoms with E-state index in [0.29, 0.717) is 0 Å². The molecule has 0 bridgehead atoms. The van der Waals surface area contributed by atoms with E-state index in [9.17, 15) is 0 Å². The summed E-state index contributed by atoms with van der Waals surface area (Å²) in [5.74, 6) is 0. The van der Waals surface area contributed by atoms with E-state index in [4.69, 9.17) is 0 Å². The average Bonchev–Trinajstić information content (AvgIpc) is 3.52. The van der Waals surface area contributed by atoms with E-state index in [1.807, 2.05) is 0 Å². The summed E-state index contributed by atoms with van der Waals surface area (Å²) < 4.78 is 0. The van der Waals surface area contributed by atoms with Crippen molar-refractivity contribution in [2.75, 3.05) is 0 Å². The number of halogens is 2. The first-order valence-electron chi connectivity index (χ1n) is 13.3. The first kappa shape index (κ1) is 31.8. The fraction of sp³-hybridized carbons (Fsp3) is 0.438. The van der Waals surface area contributed by atoms with Gasteiger partial charge in [-0.2, -0.15) is 18.2 Å². The van der Waals surface area contributed by atoms with Gasteiger partial charge in [0.05, 0.1) is 0 Å². The van der Waals surface area contributed by atoms with Crippen LogP contribution in [0.5, 0.6) is 0 Å². The van der Waals surface area contributed by atoms with Crippen molar-refractivity contribution >= 4 is 34.8 Å². The van der Waals surface area contributed by atoms with Crippen molar-refractivity contribution in [3.63, 3.8) is 0 Å². The Kier molecular flexibility index (Phi) is 13.4. The summed E-state index contributed by atoms with van der Waals surface area (Å²) in [6.45, 7) is 4.31. The van der Waals surface area contributed by atoms with E-state index in [1.165, 1.54) is 96.9 Å². The van der Waals surface area contributed by atoms with Gasteiger partial charge in [-0.1, -0.05) is 71.1 Å². The van der Waals surface area contributed by atoms with Crippen molar-refractivity contribution < 1.29 is 50.7 Å². The van der Waals surface area contributed by atoms with Crippen LogP contribution in [0.4, 0.5) is 0 Å². The van der Waals surface area contributed by atoms with Gasteiger partial charge in [-0.25, -0.2) is 0 Å². The van der Waals surface area contributed by atoms with Gasteiger partial charge in [0.15, 0.2) is 0 Å². The summed E-state index contributed by atoms with van der Waals surface area (Å²) in [7, 11) is 0.0611. The van der Waals surface area contributed by atoms with Gasteiger partial charge in [0.1, 0.15) is 0 Å². The summed E-state index contributed by atoms with van der Waals surface area (Å²) in [6, 6.07) is 24.9. The van der Waals surface area contributed by atoms with Crippen LogP contribution >= 0.6 is 7.92 Å². The second kappa shape index (κ2) is 15.2. The Hall–Kier alpha value is -0.460. The van der Waals surface area contributed by atoms with E-state index in [2.05, 4.69) is 80.6 Å². The molecule has 6 rings (SSSR count). The molecule has 4 heteroatoms. The SMILES string of the molecule is Cc1ccc(C)c2[cH-]ccc12.[Cl-].[Cl-].[Hf+4].c1ccc2[cH-]c(P(C3CCCCC3)C3CCCCC3)cc2c1. The topological polar surface area (TPSA) is 0 Å². The number of hydrogen-bond donors (Lipinski definition) is 0. The van der Waals surface area contributed by atoms with E-state index in [0.717, 1.165) is 11.3 Å². The minimum Gasteiger partial charge on any atom is -1.00 e. The third-order valence-electron chi connectivity index (χ3n) is 8.09. The van der Waals surface area contributed by atoms with Crippen LogP contribution in [-0.4, -0.2) is 11.3 Å². The Balaban J connectivity index is 0.000000279. The molecule has 0 atom stereocenters. The molecular weight excluding hydrogens is 665 g/mol. The molecule has 0 N–H and O–H groups in total. The molecule has 0 unspecified atom stereocenters.